The lowest BCUT2D eigenvalue weighted by Gasteiger charge is -2.07. The van der Waals surface area contributed by atoms with E-state index < -0.39 is 5.97 Å². The van der Waals surface area contributed by atoms with Gasteiger partial charge < -0.3 is 9.84 Å². The number of carbonyl (C=O) groups excluding carboxylic acids is 1. The van der Waals surface area contributed by atoms with E-state index in [1.165, 1.54) is 7.11 Å². The molecule has 0 fully saturated rings. The molecular weight excluding hydrogens is 276 g/mol. The number of rotatable bonds is 5. The molecule has 0 aliphatic heterocycles. The van der Waals surface area contributed by atoms with Crippen molar-refractivity contribution in [2.45, 2.75) is 12.8 Å². The molecule has 1 N–H and O–H groups in total. The zero-order chi connectivity index (χ0) is 12.1. The number of ketones is 1. The van der Waals surface area contributed by atoms with Crippen LogP contribution in [-0.4, -0.2) is 24.0 Å². The Labute approximate surface area is 101 Å². The Hall–Kier alpha value is -1.36. The van der Waals surface area contributed by atoms with Crippen LogP contribution >= 0.6 is 15.9 Å². The van der Waals surface area contributed by atoms with E-state index in [9.17, 15) is 9.59 Å². The molecule has 0 saturated carbocycles. The van der Waals surface area contributed by atoms with Crippen LogP contribution in [0.5, 0.6) is 5.75 Å². The lowest BCUT2D eigenvalue weighted by Crippen LogP contribution is -2.05. The quantitative estimate of drug-likeness (QED) is 0.845. The first-order chi connectivity index (χ1) is 7.54. The minimum absolute atomic E-state index is 0.0256. The van der Waals surface area contributed by atoms with Crippen molar-refractivity contribution in [3.63, 3.8) is 0 Å². The van der Waals surface area contributed by atoms with Gasteiger partial charge in [-0.1, -0.05) is 15.9 Å². The molecule has 0 saturated heterocycles. The Morgan fingerprint density at radius 1 is 1.38 bits per heavy atom. The molecule has 0 bridgehead atoms. The Morgan fingerprint density at radius 2 is 2.06 bits per heavy atom. The number of benzene rings is 1. The molecule has 16 heavy (non-hydrogen) atoms. The monoisotopic (exact) mass is 286 g/mol. The van der Waals surface area contributed by atoms with Gasteiger partial charge in [0.25, 0.3) is 0 Å². The second kappa shape index (κ2) is 5.65. The first kappa shape index (κ1) is 12.7. The Balaban J connectivity index is 2.88. The number of aliphatic carboxylic acids is 1. The molecule has 1 aromatic carbocycles. The molecule has 0 heterocycles. The van der Waals surface area contributed by atoms with Crippen molar-refractivity contribution in [1.82, 2.24) is 0 Å². The van der Waals surface area contributed by atoms with Gasteiger partial charge in [0.15, 0.2) is 5.78 Å². The minimum Gasteiger partial charge on any atom is -0.496 e. The SMILES string of the molecule is COc1ccc(Br)cc1C(=O)CCC(=O)O. The molecular formula is C11H11BrO4. The molecule has 0 unspecified atom stereocenters. The smallest absolute Gasteiger partial charge is 0.303 e. The highest BCUT2D eigenvalue weighted by Crippen LogP contribution is 2.24. The first-order valence-corrected chi connectivity index (χ1v) is 5.42. The van der Waals surface area contributed by atoms with E-state index in [1.807, 2.05) is 0 Å². The maximum absolute atomic E-state index is 11.7. The van der Waals surface area contributed by atoms with Gasteiger partial charge in [0, 0.05) is 10.9 Å². The number of halogens is 1. The molecule has 0 aromatic heterocycles. The molecule has 0 amide bonds. The Kier molecular flexibility index (Phi) is 4.49. The van der Waals surface area contributed by atoms with Crippen LogP contribution in [0.15, 0.2) is 22.7 Å². The van der Waals surface area contributed by atoms with Crippen molar-refractivity contribution >= 4 is 27.7 Å². The lowest BCUT2D eigenvalue weighted by atomic mass is 10.1. The van der Waals surface area contributed by atoms with E-state index in [1.54, 1.807) is 18.2 Å². The number of hydrogen-bond donors (Lipinski definition) is 1. The number of carbonyl (C=O) groups is 2. The molecule has 0 spiro atoms. The molecule has 1 rings (SSSR count). The summed E-state index contributed by atoms with van der Waals surface area (Å²) < 4.78 is 5.80. The van der Waals surface area contributed by atoms with Crippen LogP contribution in [0.25, 0.3) is 0 Å². The molecule has 4 nitrogen and oxygen atoms in total. The van der Waals surface area contributed by atoms with Gasteiger partial charge in [-0.2, -0.15) is 0 Å². The lowest BCUT2D eigenvalue weighted by molar-refractivity contribution is -0.136. The number of ether oxygens (including phenoxy) is 1. The first-order valence-electron chi connectivity index (χ1n) is 4.63. The number of hydrogen-bond acceptors (Lipinski definition) is 3. The highest BCUT2D eigenvalue weighted by molar-refractivity contribution is 9.10. The van der Waals surface area contributed by atoms with Crippen LogP contribution in [0.2, 0.25) is 0 Å². The van der Waals surface area contributed by atoms with Gasteiger partial charge in [-0.05, 0) is 18.2 Å². The molecule has 0 radical (unpaired) electrons. The Bertz CT molecular complexity index is 414. The van der Waals surface area contributed by atoms with E-state index in [2.05, 4.69) is 15.9 Å². The summed E-state index contributed by atoms with van der Waals surface area (Å²) in [6.07, 6.45) is -0.198. The fourth-order valence-electron chi connectivity index (χ4n) is 1.25. The average molecular weight is 287 g/mol. The molecule has 1 aromatic rings. The van der Waals surface area contributed by atoms with E-state index in [0.29, 0.717) is 11.3 Å². The van der Waals surface area contributed by atoms with Gasteiger partial charge in [0.2, 0.25) is 0 Å². The summed E-state index contributed by atoms with van der Waals surface area (Å²) in [4.78, 5) is 22.1. The maximum atomic E-state index is 11.7. The summed E-state index contributed by atoms with van der Waals surface area (Å²) in [7, 11) is 1.47. The van der Waals surface area contributed by atoms with E-state index in [-0.39, 0.29) is 18.6 Å². The fourth-order valence-corrected chi connectivity index (χ4v) is 1.61. The van der Waals surface area contributed by atoms with Crippen molar-refractivity contribution in [3.05, 3.63) is 28.2 Å². The van der Waals surface area contributed by atoms with Crippen molar-refractivity contribution in [2.75, 3.05) is 7.11 Å². The summed E-state index contributed by atoms with van der Waals surface area (Å²) in [5.74, 6) is -0.763. The van der Waals surface area contributed by atoms with Gasteiger partial charge in [-0.15, -0.1) is 0 Å². The summed E-state index contributed by atoms with van der Waals surface area (Å²) in [5, 5.41) is 8.50. The summed E-state index contributed by atoms with van der Waals surface area (Å²) in [6.45, 7) is 0. The normalized spacial score (nSPS) is 9.88. The summed E-state index contributed by atoms with van der Waals surface area (Å²) in [6, 6.07) is 5.05. The van der Waals surface area contributed by atoms with Crippen LogP contribution in [0, 0.1) is 0 Å². The number of methoxy groups -OCH3 is 1. The zero-order valence-electron chi connectivity index (χ0n) is 8.70. The topological polar surface area (TPSA) is 63.6 Å². The number of carboxylic acids is 1. The third-order valence-corrected chi connectivity index (χ3v) is 2.52. The second-order valence-electron chi connectivity index (χ2n) is 3.16. The predicted molar refractivity (Wildman–Crippen MR) is 61.9 cm³/mol. The standard InChI is InChI=1S/C11H11BrO4/c1-16-10-4-2-7(12)6-8(10)9(13)3-5-11(14)15/h2,4,6H,3,5H2,1H3,(H,14,15). The zero-order valence-corrected chi connectivity index (χ0v) is 10.3. The van der Waals surface area contributed by atoms with Gasteiger partial charge in [-0.25, -0.2) is 0 Å². The number of carboxylic acid groups (broad SMARTS) is 1. The predicted octanol–water partition coefficient (Wildman–Crippen LogP) is 2.51. The van der Waals surface area contributed by atoms with Crippen molar-refractivity contribution in [2.24, 2.45) is 0 Å². The highest BCUT2D eigenvalue weighted by atomic mass is 79.9. The average Bonchev–Trinajstić information content (AvgIpc) is 2.25. The third kappa shape index (κ3) is 3.34. The molecule has 5 heteroatoms. The maximum Gasteiger partial charge on any atom is 0.303 e. The summed E-state index contributed by atoms with van der Waals surface area (Å²) in [5.41, 5.74) is 0.401. The van der Waals surface area contributed by atoms with Crippen LogP contribution in [-0.2, 0) is 4.79 Å². The van der Waals surface area contributed by atoms with Crippen LogP contribution in [0.1, 0.15) is 23.2 Å². The fraction of sp³-hybridized carbons (Fsp3) is 0.273. The Morgan fingerprint density at radius 3 is 2.62 bits per heavy atom. The molecule has 0 aliphatic rings. The molecule has 86 valence electrons. The number of Topliss-reactive ketones (excluding diaryl/α,β-unsaturated/α-hetero) is 1. The van der Waals surface area contributed by atoms with E-state index >= 15 is 0 Å². The molecule has 0 aliphatic carbocycles. The van der Waals surface area contributed by atoms with Crippen LogP contribution in [0.3, 0.4) is 0 Å². The van der Waals surface area contributed by atoms with E-state index in [0.717, 1.165) is 4.47 Å². The van der Waals surface area contributed by atoms with E-state index in [4.69, 9.17) is 9.84 Å². The highest BCUT2D eigenvalue weighted by Gasteiger charge is 2.13. The largest absolute Gasteiger partial charge is 0.496 e. The third-order valence-electron chi connectivity index (χ3n) is 2.03. The van der Waals surface area contributed by atoms with Gasteiger partial charge in [0.05, 0.1) is 19.1 Å². The van der Waals surface area contributed by atoms with Crippen molar-refractivity contribution in [1.29, 1.82) is 0 Å². The van der Waals surface area contributed by atoms with Crippen molar-refractivity contribution < 1.29 is 19.4 Å². The second-order valence-corrected chi connectivity index (χ2v) is 4.08. The summed E-state index contributed by atoms with van der Waals surface area (Å²) >= 11 is 3.25. The van der Waals surface area contributed by atoms with Crippen LogP contribution in [0.4, 0.5) is 0 Å². The van der Waals surface area contributed by atoms with Gasteiger partial charge in [-0.3, -0.25) is 9.59 Å². The van der Waals surface area contributed by atoms with Crippen molar-refractivity contribution in [3.8, 4) is 5.75 Å². The molecule has 0 atom stereocenters. The minimum atomic E-state index is -0.984. The van der Waals surface area contributed by atoms with Crippen LogP contribution < -0.4 is 4.74 Å². The van der Waals surface area contributed by atoms with Gasteiger partial charge >= 0.3 is 5.97 Å². The van der Waals surface area contributed by atoms with Gasteiger partial charge in [0.1, 0.15) is 5.75 Å².